The van der Waals surface area contributed by atoms with E-state index in [2.05, 4.69) is 48.4 Å². The summed E-state index contributed by atoms with van der Waals surface area (Å²) in [5.41, 5.74) is 2.56. The summed E-state index contributed by atoms with van der Waals surface area (Å²) in [7, 11) is 0. The van der Waals surface area contributed by atoms with Gasteiger partial charge in [0.2, 0.25) is 0 Å². The van der Waals surface area contributed by atoms with Gasteiger partial charge in [-0.1, -0.05) is 19.1 Å². The Hall–Kier alpha value is -0.930. The maximum atomic E-state index is 3.56. The van der Waals surface area contributed by atoms with Crippen LogP contribution >= 0.6 is 11.8 Å². The van der Waals surface area contributed by atoms with Crippen molar-refractivity contribution in [1.29, 1.82) is 0 Å². The molecule has 2 nitrogen and oxygen atoms in total. The molecule has 0 fully saturated rings. The summed E-state index contributed by atoms with van der Waals surface area (Å²) in [6.45, 7) is 5.40. The number of hydrogen-bond donors (Lipinski definition) is 2. The first-order chi connectivity index (χ1) is 8.29. The SMILES string of the molecule is CCSCC(C)NCc1ccc2cc[nH]c2c1. The van der Waals surface area contributed by atoms with Crippen molar-refractivity contribution in [3.05, 3.63) is 36.0 Å². The summed E-state index contributed by atoms with van der Waals surface area (Å²) in [5.74, 6) is 2.38. The molecule has 17 heavy (non-hydrogen) atoms. The van der Waals surface area contributed by atoms with Crippen LogP contribution in [0.4, 0.5) is 0 Å². The lowest BCUT2D eigenvalue weighted by Crippen LogP contribution is -2.27. The number of fused-ring (bicyclic) bond motifs is 1. The van der Waals surface area contributed by atoms with Crippen LogP contribution < -0.4 is 5.32 Å². The second-order valence-corrected chi connectivity index (χ2v) is 5.66. The molecule has 1 heterocycles. The number of thioether (sulfide) groups is 1. The highest BCUT2D eigenvalue weighted by Crippen LogP contribution is 2.14. The summed E-state index contributed by atoms with van der Waals surface area (Å²) in [6.07, 6.45) is 1.99. The predicted octanol–water partition coefficient (Wildman–Crippen LogP) is 3.40. The Bertz CT molecular complexity index is 464. The largest absolute Gasteiger partial charge is 0.361 e. The first-order valence-electron chi connectivity index (χ1n) is 6.16. The van der Waals surface area contributed by atoms with Gasteiger partial charge in [-0.25, -0.2) is 0 Å². The van der Waals surface area contributed by atoms with Gasteiger partial charge < -0.3 is 10.3 Å². The average molecular weight is 248 g/mol. The van der Waals surface area contributed by atoms with Crippen molar-refractivity contribution < 1.29 is 0 Å². The quantitative estimate of drug-likeness (QED) is 0.820. The van der Waals surface area contributed by atoms with E-state index in [0.717, 1.165) is 6.54 Å². The molecule has 1 aromatic carbocycles. The van der Waals surface area contributed by atoms with Crippen LogP contribution in [0.25, 0.3) is 10.9 Å². The smallest absolute Gasteiger partial charge is 0.0457 e. The van der Waals surface area contributed by atoms with Crippen LogP contribution in [0.3, 0.4) is 0 Å². The first-order valence-corrected chi connectivity index (χ1v) is 7.32. The van der Waals surface area contributed by atoms with Gasteiger partial charge in [0.1, 0.15) is 0 Å². The van der Waals surface area contributed by atoms with Gasteiger partial charge in [-0.05, 0) is 35.8 Å². The van der Waals surface area contributed by atoms with E-state index in [4.69, 9.17) is 0 Å². The fourth-order valence-electron chi connectivity index (χ4n) is 1.85. The van der Waals surface area contributed by atoms with Crippen molar-refractivity contribution in [3.8, 4) is 0 Å². The molecule has 2 rings (SSSR count). The number of aromatic nitrogens is 1. The monoisotopic (exact) mass is 248 g/mol. The molecule has 3 heteroatoms. The van der Waals surface area contributed by atoms with Gasteiger partial charge in [-0.3, -0.25) is 0 Å². The third kappa shape index (κ3) is 3.51. The van der Waals surface area contributed by atoms with E-state index in [1.54, 1.807) is 0 Å². The molecular formula is C14H20N2S. The summed E-state index contributed by atoms with van der Waals surface area (Å²) < 4.78 is 0. The fraction of sp³-hybridized carbons (Fsp3) is 0.429. The Labute approximate surface area is 107 Å². The standard InChI is InChI=1S/C14H20N2S/c1-3-17-10-11(2)16-9-12-4-5-13-6-7-15-14(13)8-12/h4-8,11,15-16H,3,9-10H2,1-2H3. The minimum atomic E-state index is 0.569. The lowest BCUT2D eigenvalue weighted by molar-refractivity contribution is 0.596. The van der Waals surface area contributed by atoms with Crippen LogP contribution in [0, 0.1) is 0 Å². The first kappa shape index (κ1) is 12.5. The molecule has 2 N–H and O–H groups in total. The summed E-state index contributed by atoms with van der Waals surface area (Å²) in [4.78, 5) is 3.25. The molecule has 0 radical (unpaired) electrons. The van der Waals surface area contributed by atoms with Gasteiger partial charge in [-0.15, -0.1) is 0 Å². The van der Waals surface area contributed by atoms with Crippen LogP contribution in [-0.4, -0.2) is 22.5 Å². The highest BCUT2D eigenvalue weighted by atomic mass is 32.2. The highest BCUT2D eigenvalue weighted by molar-refractivity contribution is 7.99. The van der Waals surface area contributed by atoms with Gasteiger partial charge in [0.15, 0.2) is 0 Å². The fourth-order valence-corrected chi connectivity index (χ4v) is 2.56. The van der Waals surface area contributed by atoms with Gasteiger partial charge in [0.05, 0.1) is 0 Å². The Morgan fingerprint density at radius 2 is 2.24 bits per heavy atom. The number of nitrogens with one attached hydrogen (secondary N) is 2. The Kier molecular flexibility index (Phi) is 4.51. The number of H-pyrrole nitrogens is 1. The topological polar surface area (TPSA) is 27.8 Å². The third-order valence-electron chi connectivity index (χ3n) is 2.85. The molecule has 2 aromatic rings. The second kappa shape index (κ2) is 6.12. The molecule has 0 aliphatic rings. The normalized spacial score (nSPS) is 13.1. The molecule has 0 bridgehead atoms. The van der Waals surface area contributed by atoms with E-state index in [0.29, 0.717) is 6.04 Å². The molecule has 0 saturated heterocycles. The zero-order chi connectivity index (χ0) is 12.1. The Balaban J connectivity index is 1.89. The van der Waals surface area contributed by atoms with Crippen LogP contribution in [0.15, 0.2) is 30.5 Å². The van der Waals surface area contributed by atoms with Crippen LogP contribution in [0.2, 0.25) is 0 Å². The molecule has 0 aliphatic carbocycles. The zero-order valence-corrected chi connectivity index (χ0v) is 11.3. The van der Waals surface area contributed by atoms with Crippen molar-refractivity contribution >= 4 is 22.7 Å². The van der Waals surface area contributed by atoms with E-state index in [1.165, 1.54) is 28.0 Å². The summed E-state index contributed by atoms with van der Waals surface area (Å²) >= 11 is 1.99. The van der Waals surface area contributed by atoms with Gasteiger partial charge >= 0.3 is 0 Å². The van der Waals surface area contributed by atoms with Crippen LogP contribution in [0.5, 0.6) is 0 Å². The van der Waals surface area contributed by atoms with E-state index < -0.39 is 0 Å². The Morgan fingerprint density at radius 1 is 1.35 bits per heavy atom. The third-order valence-corrected chi connectivity index (χ3v) is 3.99. The van der Waals surface area contributed by atoms with Crippen LogP contribution in [0.1, 0.15) is 19.4 Å². The Morgan fingerprint density at radius 3 is 3.06 bits per heavy atom. The van der Waals surface area contributed by atoms with Gasteiger partial charge in [-0.2, -0.15) is 11.8 Å². The van der Waals surface area contributed by atoms with Gasteiger partial charge in [0.25, 0.3) is 0 Å². The molecule has 1 aromatic heterocycles. The molecule has 0 amide bonds. The summed E-state index contributed by atoms with van der Waals surface area (Å²) in [5, 5.41) is 4.84. The van der Waals surface area contributed by atoms with Gasteiger partial charge in [0, 0.05) is 30.1 Å². The molecule has 0 saturated carbocycles. The van der Waals surface area contributed by atoms with E-state index in [-0.39, 0.29) is 0 Å². The van der Waals surface area contributed by atoms with Crippen LogP contribution in [-0.2, 0) is 6.54 Å². The molecule has 92 valence electrons. The minimum Gasteiger partial charge on any atom is -0.361 e. The van der Waals surface area contributed by atoms with E-state index in [1.807, 2.05) is 18.0 Å². The molecular weight excluding hydrogens is 228 g/mol. The lowest BCUT2D eigenvalue weighted by atomic mass is 10.1. The van der Waals surface area contributed by atoms with Crippen molar-refractivity contribution in [2.45, 2.75) is 26.4 Å². The van der Waals surface area contributed by atoms with Crippen molar-refractivity contribution in [2.75, 3.05) is 11.5 Å². The lowest BCUT2D eigenvalue weighted by Gasteiger charge is -2.13. The average Bonchev–Trinajstić information content (AvgIpc) is 2.81. The second-order valence-electron chi connectivity index (χ2n) is 4.34. The number of aromatic amines is 1. The van der Waals surface area contributed by atoms with Crippen molar-refractivity contribution in [2.24, 2.45) is 0 Å². The molecule has 1 atom stereocenters. The number of hydrogen-bond acceptors (Lipinski definition) is 2. The van der Waals surface area contributed by atoms with E-state index in [9.17, 15) is 0 Å². The van der Waals surface area contributed by atoms with Crippen molar-refractivity contribution in [1.82, 2.24) is 10.3 Å². The molecule has 1 unspecified atom stereocenters. The predicted molar refractivity (Wildman–Crippen MR) is 77.6 cm³/mol. The maximum absolute atomic E-state index is 3.56. The molecule has 0 spiro atoms. The highest BCUT2D eigenvalue weighted by Gasteiger charge is 2.02. The maximum Gasteiger partial charge on any atom is 0.0457 e. The zero-order valence-electron chi connectivity index (χ0n) is 10.5. The number of benzene rings is 1. The molecule has 0 aliphatic heterocycles. The minimum absolute atomic E-state index is 0.569. The summed E-state index contributed by atoms with van der Waals surface area (Å²) in [6, 6.07) is 9.27. The van der Waals surface area contributed by atoms with E-state index >= 15 is 0 Å². The number of rotatable bonds is 6. The van der Waals surface area contributed by atoms with Crippen molar-refractivity contribution in [3.63, 3.8) is 0 Å².